The summed E-state index contributed by atoms with van der Waals surface area (Å²) in [6.45, 7) is 4.26. The summed E-state index contributed by atoms with van der Waals surface area (Å²) in [7, 11) is 0. The van der Waals surface area contributed by atoms with Crippen LogP contribution >= 0.6 is 24.0 Å². The normalized spacial score (nSPS) is 14.4. The van der Waals surface area contributed by atoms with Crippen molar-refractivity contribution in [3.05, 3.63) is 63.6 Å². The molecule has 0 saturated carbocycles. The molecule has 2 aromatic rings. The van der Waals surface area contributed by atoms with Gasteiger partial charge in [-0.15, -0.1) is 0 Å². The minimum atomic E-state index is -0.168. The molecular weight excluding hydrogens is 480 g/mol. The van der Waals surface area contributed by atoms with Crippen LogP contribution in [0.4, 0.5) is 0 Å². The van der Waals surface area contributed by atoms with E-state index >= 15 is 0 Å². The smallest absolute Gasteiger partial charge is 0.266 e. The van der Waals surface area contributed by atoms with E-state index in [-0.39, 0.29) is 24.0 Å². The molecular formula is C27H28N2O4S2. The summed E-state index contributed by atoms with van der Waals surface area (Å²) in [4.78, 5) is 26.6. The highest BCUT2D eigenvalue weighted by atomic mass is 32.2. The summed E-state index contributed by atoms with van der Waals surface area (Å²) in [6, 6.07) is 13.0. The van der Waals surface area contributed by atoms with Crippen molar-refractivity contribution in [2.75, 3.05) is 6.54 Å². The first-order valence-electron chi connectivity index (χ1n) is 11.6. The Balaban J connectivity index is 1.65. The summed E-state index contributed by atoms with van der Waals surface area (Å²) in [5.41, 5.74) is 2.77. The average Bonchev–Trinajstić information content (AvgIpc) is 3.10. The van der Waals surface area contributed by atoms with Gasteiger partial charge in [-0.05, 0) is 61.6 Å². The van der Waals surface area contributed by atoms with Gasteiger partial charge in [0, 0.05) is 18.5 Å². The third kappa shape index (κ3) is 6.71. The maximum Gasteiger partial charge on any atom is 0.266 e. The molecule has 2 aromatic carbocycles. The first kappa shape index (κ1) is 26.5. The van der Waals surface area contributed by atoms with Crippen LogP contribution in [0, 0.1) is 11.3 Å². The van der Waals surface area contributed by atoms with Crippen LogP contribution in [0.1, 0.15) is 66.6 Å². The van der Waals surface area contributed by atoms with E-state index < -0.39 is 0 Å². The van der Waals surface area contributed by atoms with Gasteiger partial charge < -0.3 is 9.84 Å². The average molecular weight is 509 g/mol. The minimum Gasteiger partial charge on any atom is -0.507 e. The lowest BCUT2D eigenvalue weighted by molar-refractivity contribution is -0.122. The number of Topliss-reactive ketones (excluding diaryl/α,β-unsaturated/α-hetero) is 1. The Morgan fingerprint density at radius 3 is 2.63 bits per heavy atom. The van der Waals surface area contributed by atoms with Gasteiger partial charge in [-0.3, -0.25) is 14.5 Å². The van der Waals surface area contributed by atoms with Crippen molar-refractivity contribution in [1.29, 1.82) is 5.26 Å². The van der Waals surface area contributed by atoms with Crippen molar-refractivity contribution in [3.8, 4) is 17.6 Å². The second-order valence-corrected chi connectivity index (χ2v) is 9.89. The predicted molar refractivity (Wildman–Crippen MR) is 142 cm³/mol. The van der Waals surface area contributed by atoms with E-state index in [0.29, 0.717) is 39.9 Å². The predicted octanol–water partition coefficient (Wildman–Crippen LogP) is 6.02. The van der Waals surface area contributed by atoms with Crippen LogP contribution in [0.25, 0.3) is 6.08 Å². The maximum atomic E-state index is 12.7. The highest BCUT2D eigenvalue weighted by molar-refractivity contribution is 8.26. The SMILES string of the molecule is CCCc1c(COc2ccc(/C=C3\SC(=S)N(CCCCC#N)C3=O)cc2)ccc(C(C)=O)c1O. The number of unbranched alkanes of at least 4 members (excludes halogenated alkanes) is 2. The quantitative estimate of drug-likeness (QED) is 0.172. The molecule has 1 N–H and O–H groups in total. The Morgan fingerprint density at radius 1 is 1.23 bits per heavy atom. The van der Waals surface area contributed by atoms with Crippen LogP contribution in [-0.4, -0.2) is 32.6 Å². The van der Waals surface area contributed by atoms with Gasteiger partial charge in [-0.2, -0.15) is 5.26 Å². The van der Waals surface area contributed by atoms with Gasteiger partial charge in [0.1, 0.15) is 22.4 Å². The van der Waals surface area contributed by atoms with Crippen molar-refractivity contribution in [2.24, 2.45) is 0 Å². The second kappa shape index (κ2) is 12.5. The van der Waals surface area contributed by atoms with Gasteiger partial charge in [-0.1, -0.05) is 55.5 Å². The van der Waals surface area contributed by atoms with E-state index in [1.807, 2.05) is 43.3 Å². The van der Waals surface area contributed by atoms with E-state index in [9.17, 15) is 14.7 Å². The first-order valence-corrected chi connectivity index (χ1v) is 12.8. The van der Waals surface area contributed by atoms with Gasteiger partial charge in [0.05, 0.1) is 16.5 Å². The Morgan fingerprint density at radius 2 is 1.97 bits per heavy atom. The molecule has 1 saturated heterocycles. The van der Waals surface area contributed by atoms with Crippen LogP contribution in [0.15, 0.2) is 41.3 Å². The Kier molecular flexibility index (Phi) is 9.47. The fourth-order valence-electron chi connectivity index (χ4n) is 3.77. The van der Waals surface area contributed by atoms with Gasteiger partial charge in [0.25, 0.3) is 5.91 Å². The fourth-order valence-corrected chi connectivity index (χ4v) is 5.07. The number of amides is 1. The molecule has 0 atom stereocenters. The molecule has 8 heteroatoms. The molecule has 0 radical (unpaired) electrons. The number of thiocarbonyl (C=S) groups is 1. The summed E-state index contributed by atoms with van der Waals surface area (Å²) in [6.07, 6.45) is 5.27. The second-order valence-electron chi connectivity index (χ2n) is 8.21. The number of ketones is 1. The van der Waals surface area contributed by atoms with Crippen LogP contribution in [0.5, 0.6) is 11.5 Å². The molecule has 35 heavy (non-hydrogen) atoms. The zero-order valence-electron chi connectivity index (χ0n) is 19.9. The van der Waals surface area contributed by atoms with Gasteiger partial charge >= 0.3 is 0 Å². The molecule has 3 rings (SSSR count). The lowest BCUT2D eigenvalue weighted by atomic mass is 9.97. The summed E-state index contributed by atoms with van der Waals surface area (Å²) < 4.78 is 6.48. The molecule has 182 valence electrons. The van der Waals surface area contributed by atoms with Crippen LogP contribution in [0.3, 0.4) is 0 Å². The van der Waals surface area contributed by atoms with Gasteiger partial charge in [-0.25, -0.2) is 0 Å². The van der Waals surface area contributed by atoms with E-state index in [0.717, 1.165) is 36.0 Å². The third-order valence-corrected chi connectivity index (χ3v) is 7.00. The van der Waals surface area contributed by atoms with Crippen molar-refractivity contribution in [3.63, 3.8) is 0 Å². The number of hydrogen-bond donors (Lipinski definition) is 1. The Bertz CT molecular complexity index is 1180. The Hall–Kier alpha value is -3.15. The number of carbonyl (C=O) groups excluding carboxylic acids is 2. The number of ether oxygens (including phenoxy) is 1. The lowest BCUT2D eigenvalue weighted by Gasteiger charge is -2.14. The van der Waals surface area contributed by atoms with Crippen molar-refractivity contribution in [1.82, 2.24) is 4.90 Å². The molecule has 0 bridgehead atoms. The first-order chi connectivity index (χ1) is 16.8. The van der Waals surface area contributed by atoms with Crippen LogP contribution < -0.4 is 4.74 Å². The van der Waals surface area contributed by atoms with Gasteiger partial charge in [0.15, 0.2) is 5.78 Å². The maximum absolute atomic E-state index is 12.7. The standard InChI is InChI=1S/C27H28N2O4S2/c1-3-7-23-20(10-13-22(18(2)30)25(23)31)17-33-21-11-8-19(9-12-21)16-24-26(32)29(27(34)35-24)15-6-4-5-14-28/h8-13,16,31H,3-7,15,17H2,1-2H3/b24-16-. The number of phenols is 1. The van der Waals surface area contributed by atoms with Crippen molar-refractivity contribution < 1.29 is 19.4 Å². The van der Waals surface area contributed by atoms with Gasteiger partial charge in [0.2, 0.25) is 0 Å². The number of carbonyl (C=O) groups is 2. The number of benzene rings is 2. The molecule has 6 nitrogen and oxygen atoms in total. The number of thioether (sulfide) groups is 1. The highest BCUT2D eigenvalue weighted by Gasteiger charge is 2.31. The van der Waals surface area contributed by atoms with E-state index in [1.54, 1.807) is 11.0 Å². The Labute approximate surface area is 215 Å². The summed E-state index contributed by atoms with van der Waals surface area (Å²) >= 11 is 6.64. The number of nitrogens with zero attached hydrogens (tertiary/aromatic N) is 2. The fraction of sp³-hybridized carbons (Fsp3) is 0.333. The zero-order chi connectivity index (χ0) is 25.4. The van der Waals surface area contributed by atoms with E-state index in [1.165, 1.54) is 18.7 Å². The molecule has 0 aromatic heterocycles. The number of hydrogen-bond acceptors (Lipinski definition) is 7. The van der Waals surface area contributed by atoms with Crippen molar-refractivity contribution >= 4 is 46.1 Å². The zero-order valence-corrected chi connectivity index (χ0v) is 21.5. The van der Waals surface area contributed by atoms with Crippen LogP contribution in [0.2, 0.25) is 0 Å². The number of nitriles is 1. The molecule has 1 heterocycles. The molecule has 0 unspecified atom stereocenters. The van der Waals surface area contributed by atoms with E-state index in [4.69, 9.17) is 22.2 Å². The monoisotopic (exact) mass is 508 g/mol. The summed E-state index contributed by atoms with van der Waals surface area (Å²) in [5, 5.41) is 19.2. The number of rotatable bonds is 11. The summed E-state index contributed by atoms with van der Waals surface area (Å²) in [5.74, 6) is 0.427. The minimum absolute atomic E-state index is 0.0400. The number of aromatic hydroxyl groups is 1. The highest BCUT2D eigenvalue weighted by Crippen LogP contribution is 2.33. The molecule has 1 amide bonds. The van der Waals surface area contributed by atoms with Crippen LogP contribution in [-0.2, 0) is 17.8 Å². The number of phenolic OH excluding ortho intramolecular Hbond substituents is 1. The molecule has 0 spiro atoms. The van der Waals surface area contributed by atoms with E-state index in [2.05, 4.69) is 6.07 Å². The van der Waals surface area contributed by atoms with Crippen molar-refractivity contribution in [2.45, 2.75) is 52.6 Å². The molecule has 1 aliphatic heterocycles. The lowest BCUT2D eigenvalue weighted by Crippen LogP contribution is -2.28. The molecule has 1 fully saturated rings. The molecule has 0 aliphatic carbocycles. The largest absolute Gasteiger partial charge is 0.507 e. The topological polar surface area (TPSA) is 90.6 Å². The third-order valence-electron chi connectivity index (χ3n) is 5.63. The molecule has 1 aliphatic rings.